The van der Waals surface area contributed by atoms with Crippen molar-refractivity contribution in [3.05, 3.63) is 18.2 Å². The summed E-state index contributed by atoms with van der Waals surface area (Å²) < 4.78 is 30.5. The van der Waals surface area contributed by atoms with Crippen LogP contribution in [0.1, 0.15) is 45.4 Å². The fourth-order valence-electron chi connectivity index (χ4n) is 4.95. The van der Waals surface area contributed by atoms with Crippen molar-refractivity contribution in [2.45, 2.75) is 63.1 Å². The van der Waals surface area contributed by atoms with E-state index in [-0.39, 0.29) is 37.4 Å². The molecular weight excluding hydrogens is 445 g/mol. The molecule has 0 radical (unpaired) electrons. The number of hydrogen-bond acceptors (Lipinski definition) is 8. The van der Waals surface area contributed by atoms with Crippen LogP contribution in [0.2, 0.25) is 0 Å². The molecule has 0 bridgehead atoms. The summed E-state index contributed by atoms with van der Waals surface area (Å²) in [7, 11) is 0. The Kier molecular flexibility index (Phi) is 8.15. The predicted molar refractivity (Wildman–Crippen MR) is 121 cm³/mol. The highest BCUT2D eigenvalue weighted by Gasteiger charge is 2.50. The van der Waals surface area contributed by atoms with E-state index in [1.165, 1.54) is 12.4 Å². The summed E-state index contributed by atoms with van der Waals surface area (Å²) in [6.45, 7) is 5.00. The lowest BCUT2D eigenvalue weighted by Gasteiger charge is -2.51. The number of piperidine rings is 2. The van der Waals surface area contributed by atoms with Crippen LogP contribution in [0.3, 0.4) is 0 Å². The minimum Gasteiger partial charge on any atom is -0.449 e. The summed E-state index contributed by atoms with van der Waals surface area (Å²) in [5, 5.41) is 3.11. The molecule has 1 aromatic heterocycles. The number of rotatable bonds is 7. The van der Waals surface area contributed by atoms with Crippen LogP contribution in [-0.2, 0) is 19.0 Å². The van der Waals surface area contributed by atoms with Gasteiger partial charge in [0.2, 0.25) is 11.9 Å². The second kappa shape index (κ2) is 11.3. The zero-order valence-electron chi connectivity index (χ0n) is 19.7. The first-order valence-electron chi connectivity index (χ1n) is 12.2. The lowest BCUT2D eigenvalue weighted by molar-refractivity contribution is -0.143. The van der Waals surface area contributed by atoms with Gasteiger partial charge in [-0.25, -0.2) is 19.2 Å². The van der Waals surface area contributed by atoms with Gasteiger partial charge in [0.15, 0.2) is 5.82 Å². The number of aromatic nitrogens is 2. The van der Waals surface area contributed by atoms with E-state index in [1.54, 1.807) is 4.90 Å². The second-order valence-electron chi connectivity index (χ2n) is 9.20. The molecule has 2 atom stereocenters. The Morgan fingerprint density at radius 1 is 1.29 bits per heavy atom. The van der Waals surface area contributed by atoms with E-state index in [1.807, 2.05) is 11.8 Å². The highest BCUT2D eigenvalue weighted by atomic mass is 19.1. The summed E-state index contributed by atoms with van der Waals surface area (Å²) >= 11 is 0. The van der Waals surface area contributed by atoms with Crippen molar-refractivity contribution in [3.8, 4) is 0 Å². The highest BCUT2D eigenvalue weighted by molar-refractivity contribution is 5.79. The van der Waals surface area contributed by atoms with Crippen molar-refractivity contribution in [2.75, 3.05) is 51.0 Å². The molecule has 0 aromatic carbocycles. The van der Waals surface area contributed by atoms with Crippen LogP contribution in [0.5, 0.6) is 0 Å². The van der Waals surface area contributed by atoms with Crippen LogP contribution in [0.15, 0.2) is 12.4 Å². The maximum Gasteiger partial charge on any atom is 0.410 e. The number of nitrogens with one attached hydrogen (secondary N) is 1. The molecule has 1 aromatic rings. The maximum atomic E-state index is 13.1. The fraction of sp³-hybridized carbons (Fsp3) is 0.739. The molecule has 1 N–H and O–H groups in total. The van der Waals surface area contributed by atoms with E-state index in [0.29, 0.717) is 45.2 Å². The molecule has 10 nitrogen and oxygen atoms in total. The molecule has 0 saturated carbocycles. The number of hydrogen-bond donors (Lipinski definition) is 1. The normalized spacial score (nSPS) is 25.9. The van der Waals surface area contributed by atoms with Gasteiger partial charge in [-0.3, -0.25) is 4.79 Å². The Hall–Kier alpha value is -2.53. The van der Waals surface area contributed by atoms with Gasteiger partial charge < -0.3 is 29.3 Å². The number of halogens is 1. The monoisotopic (exact) mass is 479 g/mol. The Labute approximate surface area is 199 Å². The number of unbranched alkanes of at least 4 members (excludes halogenated alkanes) is 1. The highest BCUT2D eigenvalue weighted by Crippen LogP contribution is 2.32. The summed E-state index contributed by atoms with van der Waals surface area (Å²) in [6, 6.07) is -0.377. The van der Waals surface area contributed by atoms with E-state index in [0.717, 1.165) is 32.1 Å². The van der Waals surface area contributed by atoms with Gasteiger partial charge >= 0.3 is 6.09 Å². The lowest BCUT2D eigenvalue weighted by Crippen LogP contribution is -2.72. The van der Waals surface area contributed by atoms with Gasteiger partial charge in [-0.05, 0) is 32.1 Å². The van der Waals surface area contributed by atoms with Crippen LogP contribution in [-0.4, -0.2) is 90.6 Å². The summed E-state index contributed by atoms with van der Waals surface area (Å²) in [5.74, 6) is -0.126. The first-order valence-corrected chi connectivity index (χ1v) is 12.2. The molecule has 188 valence electrons. The van der Waals surface area contributed by atoms with Gasteiger partial charge in [0.05, 0.1) is 49.9 Å². The minimum atomic E-state index is -0.681. The van der Waals surface area contributed by atoms with E-state index in [2.05, 4.69) is 15.3 Å². The summed E-state index contributed by atoms with van der Waals surface area (Å²) in [6.07, 6.45) is 6.68. The molecule has 3 fully saturated rings. The molecule has 3 aliphatic heterocycles. The molecule has 4 rings (SSSR count). The quantitative estimate of drug-likeness (QED) is 0.591. The largest absolute Gasteiger partial charge is 0.449 e. The Balaban J connectivity index is 1.39. The van der Waals surface area contributed by atoms with Crippen molar-refractivity contribution in [3.63, 3.8) is 0 Å². The minimum absolute atomic E-state index is 0.00570. The van der Waals surface area contributed by atoms with Gasteiger partial charge in [-0.1, -0.05) is 13.3 Å². The number of anilines is 1. The van der Waals surface area contributed by atoms with E-state index >= 15 is 0 Å². The molecule has 4 heterocycles. The SMILES string of the molecule is CCCCOC(=O)N1CCC[C@@]2(COCC(=O)N2)[C@@H]1COC1CCN(c2ncc(F)cn2)CC1. The van der Waals surface area contributed by atoms with Crippen molar-refractivity contribution in [2.24, 2.45) is 0 Å². The van der Waals surface area contributed by atoms with Gasteiger partial charge in [-0.15, -0.1) is 0 Å². The van der Waals surface area contributed by atoms with Crippen LogP contribution in [0, 0.1) is 5.82 Å². The van der Waals surface area contributed by atoms with Crippen LogP contribution < -0.4 is 10.2 Å². The average molecular weight is 480 g/mol. The molecule has 2 amide bonds. The summed E-state index contributed by atoms with van der Waals surface area (Å²) in [5.41, 5.74) is -0.681. The van der Waals surface area contributed by atoms with Crippen molar-refractivity contribution in [1.82, 2.24) is 20.2 Å². The van der Waals surface area contributed by atoms with Crippen molar-refractivity contribution in [1.29, 1.82) is 0 Å². The van der Waals surface area contributed by atoms with Gasteiger partial charge in [0, 0.05) is 19.6 Å². The Bertz CT molecular complexity index is 832. The molecule has 0 aliphatic carbocycles. The van der Waals surface area contributed by atoms with Crippen LogP contribution >= 0.6 is 0 Å². The maximum absolute atomic E-state index is 13.1. The number of ether oxygens (including phenoxy) is 3. The molecular formula is C23H34FN5O5. The number of likely N-dealkylation sites (tertiary alicyclic amines) is 1. The Morgan fingerprint density at radius 3 is 2.76 bits per heavy atom. The average Bonchev–Trinajstić information content (AvgIpc) is 2.84. The molecule has 0 unspecified atom stereocenters. The Morgan fingerprint density at radius 2 is 2.06 bits per heavy atom. The van der Waals surface area contributed by atoms with Gasteiger partial charge in [0.1, 0.15) is 6.61 Å². The zero-order valence-corrected chi connectivity index (χ0v) is 19.7. The number of carbonyl (C=O) groups is 2. The first kappa shape index (κ1) is 24.6. The molecule has 11 heteroatoms. The van der Waals surface area contributed by atoms with E-state index in [4.69, 9.17) is 14.2 Å². The third kappa shape index (κ3) is 5.75. The van der Waals surface area contributed by atoms with E-state index in [9.17, 15) is 14.0 Å². The topological polar surface area (TPSA) is 106 Å². The smallest absolute Gasteiger partial charge is 0.410 e. The van der Waals surface area contributed by atoms with Crippen LogP contribution in [0.4, 0.5) is 15.1 Å². The second-order valence-corrected chi connectivity index (χ2v) is 9.20. The van der Waals surface area contributed by atoms with Gasteiger partial charge in [-0.2, -0.15) is 0 Å². The third-order valence-electron chi connectivity index (χ3n) is 6.80. The predicted octanol–water partition coefficient (Wildman–Crippen LogP) is 1.89. The van der Waals surface area contributed by atoms with Crippen molar-refractivity contribution < 1.29 is 28.2 Å². The van der Waals surface area contributed by atoms with Crippen molar-refractivity contribution >= 4 is 17.9 Å². The number of carbonyl (C=O) groups excluding carboxylic acids is 2. The van der Waals surface area contributed by atoms with E-state index < -0.39 is 11.4 Å². The first-order chi connectivity index (χ1) is 16.5. The molecule has 3 aliphatic rings. The standard InChI is InChI=1S/C23H34FN5O5/c1-2-3-11-33-22(31)29-8-4-7-23(16-32-15-20(30)27-23)19(29)14-34-18-5-9-28(10-6-18)21-25-12-17(24)13-26-21/h12-13,18-19H,2-11,14-16H2,1H3,(H,27,30)/t19-,23+/m0/s1. The van der Waals surface area contributed by atoms with Gasteiger partial charge in [0.25, 0.3) is 0 Å². The number of nitrogens with zero attached hydrogens (tertiary/aromatic N) is 4. The number of amides is 2. The van der Waals surface area contributed by atoms with Crippen LogP contribution in [0.25, 0.3) is 0 Å². The molecule has 1 spiro atoms. The summed E-state index contributed by atoms with van der Waals surface area (Å²) in [4.78, 5) is 37.0. The fourth-order valence-corrected chi connectivity index (χ4v) is 4.95. The third-order valence-corrected chi connectivity index (χ3v) is 6.80. The molecule has 3 saturated heterocycles. The lowest BCUT2D eigenvalue weighted by atomic mass is 9.81. The number of morpholine rings is 1. The zero-order chi connectivity index (χ0) is 24.0. The molecule has 34 heavy (non-hydrogen) atoms.